The maximum atomic E-state index is 13.5. The fourth-order valence-corrected chi connectivity index (χ4v) is 5.06. The maximum absolute atomic E-state index is 13.5. The molecule has 2 amide bonds. The lowest BCUT2D eigenvalue weighted by molar-refractivity contribution is -0.0509. The molecule has 2 aromatic rings. The van der Waals surface area contributed by atoms with Gasteiger partial charge in [-0.15, -0.1) is 0 Å². The summed E-state index contributed by atoms with van der Waals surface area (Å²) < 4.78 is 44.0. The van der Waals surface area contributed by atoms with Crippen LogP contribution in [0, 0.1) is 26.2 Å². The number of carbonyl (C=O) groups excluding carboxylic acids is 2. The number of nitrogens with one attached hydrogen (secondary N) is 1. The Kier molecular flexibility index (Phi) is 10.2. The number of rotatable bonds is 9. The monoisotopic (exact) mass is 586 g/mol. The second kappa shape index (κ2) is 12.7. The van der Waals surface area contributed by atoms with Crippen LogP contribution >= 0.6 is 0 Å². The van der Waals surface area contributed by atoms with Gasteiger partial charge in [-0.05, 0) is 90.4 Å². The molecule has 230 valence electrons. The van der Waals surface area contributed by atoms with E-state index < -0.39 is 30.8 Å². The molecule has 1 saturated heterocycles. The summed E-state index contributed by atoms with van der Waals surface area (Å²) in [6.07, 6.45) is 1.60. The van der Waals surface area contributed by atoms with E-state index in [0.29, 0.717) is 30.3 Å². The van der Waals surface area contributed by atoms with Crippen LogP contribution in [0.5, 0.6) is 5.75 Å². The minimum Gasteiger partial charge on any atom is -0.434 e. The van der Waals surface area contributed by atoms with Crippen LogP contribution in [0.15, 0.2) is 30.3 Å². The van der Waals surface area contributed by atoms with Gasteiger partial charge < -0.3 is 14.0 Å². The molecular weight excluding hydrogens is 541 g/mol. The largest absolute Gasteiger partial charge is 0.457 e. The first-order chi connectivity index (χ1) is 19.3. The smallest absolute Gasteiger partial charge is 0.434 e. The van der Waals surface area contributed by atoms with E-state index in [2.05, 4.69) is 5.43 Å². The Balaban J connectivity index is 1.82. The summed E-state index contributed by atoms with van der Waals surface area (Å²) in [6.45, 7) is 16.3. The lowest BCUT2D eigenvalue weighted by Crippen LogP contribution is -2.49. The van der Waals surface area contributed by atoms with Crippen molar-refractivity contribution in [1.29, 1.82) is 0 Å². The van der Waals surface area contributed by atoms with Gasteiger partial charge in [-0.2, -0.15) is 8.78 Å². The molecular formula is C32H45BF2N2O5. The average Bonchev–Trinajstić information content (AvgIpc) is 3.04. The van der Waals surface area contributed by atoms with Crippen molar-refractivity contribution >= 4 is 18.9 Å². The van der Waals surface area contributed by atoms with E-state index in [0.717, 1.165) is 11.1 Å². The van der Waals surface area contributed by atoms with Crippen molar-refractivity contribution in [3.8, 4) is 5.75 Å². The van der Waals surface area contributed by atoms with Gasteiger partial charge in [-0.25, -0.2) is 5.01 Å². The van der Waals surface area contributed by atoms with Gasteiger partial charge in [0.1, 0.15) is 5.75 Å². The molecule has 0 spiro atoms. The van der Waals surface area contributed by atoms with Crippen LogP contribution < -0.4 is 10.2 Å². The molecule has 1 fully saturated rings. The summed E-state index contributed by atoms with van der Waals surface area (Å²) in [4.78, 5) is 27.0. The minimum atomic E-state index is -3.06. The highest BCUT2D eigenvalue weighted by Gasteiger charge is 2.50. The molecule has 1 N–H and O–H groups in total. The topological polar surface area (TPSA) is 77.1 Å². The van der Waals surface area contributed by atoms with Gasteiger partial charge in [-0.3, -0.25) is 15.0 Å². The van der Waals surface area contributed by atoms with Crippen molar-refractivity contribution in [3.63, 3.8) is 0 Å². The Morgan fingerprint density at radius 1 is 1.00 bits per heavy atom. The normalized spacial score (nSPS) is 16.1. The van der Waals surface area contributed by atoms with Crippen molar-refractivity contribution < 1.29 is 32.4 Å². The Morgan fingerprint density at radius 2 is 1.57 bits per heavy atom. The summed E-state index contributed by atoms with van der Waals surface area (Å²) in [5.41, 5.74) is 4.78. The van der Waals surface area contributed by atoms with Crippen LogP contribution in [-0.2, 0) is 15.7 Å². The van der Waals surface area contributed by atoms with E-state index in [1.807, 2.05) is 68.4 Å². The molecule has 3 rings (SSSR count). The number of ether oxygens (including phenoxy) is 1. The van der Waals surface area contributed by atoms with E-state index in [9.17, 15) is 18.4 Å². The summed E-state index contributed by atoms with van der Waals surface area (Å²) >= 11 is 0. The number of alkyl halides is 2. The van der Waals surface area contributed by atoms with Crippen LogP contribution in [0.2, 0.25) is 6.32 Å². The molecule has 0 aromatic heterocycles. The first-order valence-electron chi connectivity index (χ1n) is 14.4. The second-order valence-corrected chi connectivity index (χ2v) is 13.5. The number of nitrogens with zero attached hydrogens (tertiary/aromatic N) is 1. The van der Waals surface area contributed by atoms with Gasteiger partial charge >= 0.3 is 13.7 Å². The lowest BCUT2D eigenvalue weighted by atomic mass is 9.81. The number of hydrazine groups is 1. The minimum absolute atomic E-state index is 0.0328. The van der Waals surface area contributed by atoms with Crippen molar-refractivity contribution in [1.82, 2.24) is 10.4 Å². The predicted octanol–water partition coefficient (Wildman–Crippen LogP) is 7.07. The SMILES string of the molecule is Cc1cc(C)cc(C(=O)N(CC(C)(C)C)NC(=O)c2ccc(CCCB3OC(C)(C)C(C)(C)O3)c(OC(F)F)c2C)c1. The second-order valence-electron chi connectivity index (χ2n) is 13.5. The highest BCUT2D eigenvalue weighted by atomic mass is 19.3. The van der Waals surface area contributed by atoms with Crippen LogP contribution in [0.25, 0.3) is 0 Å². The fraction of sp³-hybridized carbons (Fsp3) is 0.562. The zero-order chi connectivity index (χ0) is 31.6. The quantitative estimate of drug-likeness (QED) is 0.251. The average molecular weight is 587 g/mol. The number of amides is 2. The van der Waals surface area contributed by atoms with E-state index in [1.165, 1.54) is 5.01 Å². The first-order valence-corrected chi connectivity index (χ1v) is 14.4. The van der Waals surface area contributed by atoms with Gasteiger partial charge in [0.2, 0.25) is 0 Å². The third-order valence-corrected chi connectivity index (χ3v) is 7.71. The summed E-state index contributed by atoms with van der Waals surface area (Å²) in [5, 5.41) is 1.29. The van der Waals surface area contributed by atoms with E-state index in [4.69, 9.17) is 14.0 Å². The molecule has 1 aliphatic rings. The van der Waals surface area contributed by atoms with Gasteiger partial charge in [0, 0.05) is 23.2 Å². The number of halogens is 2. The summed E-state index contributed by atoms with van der Waals surface area (Å²) in [5.74, 6) is -0.974. The maximum Gasteiger partial charge on any atom is 0.457 e. The molecule has 0 bridgehead atoms. The molecule has 2 aromatic carbocycles. The molecule has 0 atom stereocenters. The van der Waals surface area contributed by atoms with Crippen molar-refractivity contribution in [2.45, 2.75) is 106 Å². The molecule has 10 heteroatoms. The van der Waals surface area contributed by atoms with Crippen LogP contribution in [0.1, 0.15) is 97.9 Å². The molecule has 0 radical (unpaired) electrons. The number of benzene rings is 2. The van der Waals surface area contributed by atoms with Crippen molar-refractivity contribution in [2.75, 3.05) is 6.54 Å². The first kappa shape index (κ1) is 33.5. The predicted molar refractivity (Wildman–Crippen MR) is 161 cm³/mol. The Morgan fingerprint density at radius 3 is 2.10 bits per heavy atom. The number of carbonyl (C=O) groups is 2. The van der Waals surface area contributed by atoms with Crippen LogP contribution in [0.4, 0.5) is 8.78 Å². The molecule has 0 unspecified atom stereocenters. The van der Waals surface area contributed by atoms with Crippen LogP contribution in [0.3, 0.4) is 0 Å². The van der Waals surface area contributed by atoms with Gasteiger partial charge in [0.05, 0.1) is 11.2 Å². The Labute approximate surface area is 249 Å². The standard InChI is InChI=1S/C32H45BF2N2O5/c1-20-16-21(2)18-24(17-20)28(39)37(19-30(4,5)6)36-27(38)25-14-13-23(26(22(25)3)40-29(34)35)12-11-15-33-41-31(7,8)32(9,10)42-33/h13-14,16-18,29H,11-12,15,19H2,1-10H3,(H,36,38). The van der Waals surface area contributed by atoms with Crippen molar-refractivity contribution in [2.24, 2.45) is 5.41 Å². The molecule has 7 nitrogen and oxygen atoms in total. The third-order valence-electron chi connectivity index (χ3n) is 7.71. The number of hydrogen-bond acceptors (Lipinski definition) is 5. The lowest BCUT2D eigenvalue weighted by Gasteiger charge is -2.32. The fourth-order valence-electron chi connectivity index (χ4n) is 5.06. The molecule has 1 heterocycles. The van der Waals surface area contributed by atoms with Gasteiger partial charge in [0.15, 0.2) is 0 Å². The molecule has 42 heavy (non-hydrogen) atoms. The van der Waals surface area contributed by atoms with Gasteiger partial charge in [-0.1, -0.05) is 50.5 Å². The number of hydrogen-bond donors (Lipinski definition) is 1. The highest BCUT2D eigenvalue weighted by molar-refractivity contribution is 6.45. The molecule has 0 aliphatic carbocycles. The van der Waals surface area contributed by atoms with E-state index in [1.54, 1.807) is 31.2 Å². The molecule has 1 aliphatic heterocycles. The zero-order valence-corrected chi connectivity index (χ0v) is 26.6. The summed E-state index contributed by atoms with van der Waals surface area (Å²) in [7, 11) is -0.399. The van der Waals surface area contributed by atoms with Crippen molar-refractivity contribution in [3.05, 3.63) is 63.7 Å². The van der Waals surface area contributed by atoms with Gasteiger partial charge in [0.25, 0.3) is 11.8 Å². The molecule has 0 saturated carbocycles. The zero-order valence-electron chi connectivity index (χ0n) is 26.6. The van der Waals surface area contributed by atoms with Crippen LogP contribution in [-0.4, -0.2) is 48.3 Å². The summed E-state index contributed by atoms with van der Waals surface area (Å²) in [6, 6.07) is 8.73. The number of aryl methyl sites for hydroxylation is 3. The van der Waals surface area contributed by atoms with E-state index >= 15 is 0 Å². The van der Waals surface area contributed by atoms with E-state index in [-0.39, 0.29) is 34.7 Å². The Hall–Kier alpha value is -2.98. The third kappa shape index (κ3) is 8.31. The highest BCUT2D eigenvalue weighted by Crippen LogP contribution is 2.38. The Bertz CT molecular complexity index is 1270.